The second-order valence-electron chi connectivity index (χ2n) is 4.61. The van der Waals surface area contributed by atoms with Crippen LogP contribution in [0.1, 0.15) is 15.2 Å². The highest BCUT2D eigenvalue weighted by Crippen LogP contribution is 2.32. The molecule has 3 N–H and O–H groups in total. The standard InChI is InChI=1S/C15H12ClN3OS/c1-8-4-5-9(7-10(8)16)19-15(20)14-12(17)13-11(21-14)3-2-6-18-13/h2-7H,17H2,1H3,(H,19,20). The number of hydrogen-bond donors (Lipinski definition) is 2. The Labute approximate surface area is 130 Å². The van der Waals surface area contributed by atoms with E-state index in [1.807, 2.05) is 25.1 Å². The topological polar surface area (TPSA) is 68.0 Å². The minimum absolute atomic E-state index is 0.254. The molecule has 0 aliphatic rings. The Morgan fingerprint density at radius 3 is 2.90 bits per heavy atom. The molecule has 0 aliphatic heterocycles. The summed E-state index contributed by atoms with van der Waals surface area (Å²) in [5, 5.41) is 3.42. The fourth-order valence-electron chi connectivity index (χ4n) is 1.97. The van der Waals surface area contributed by atoms with Crippen LogP contribution in [0.4, 0.5) is 11.4 Å². The van der Waals surface area contributed by atoms with E-state index in [9.17, 15) is 4.79 Å². The average Bonchev–Trinajstić information content (AvgIpc) is 2.81. The first kappa shape index (κ1) is 13.9. The lowest BCUT2D eigenvalue weighted by atomic mass is 10.2. The highest BCUT2D eigenvalue weighted by Gasteiger charge is 2.17. The zero-order valence-corrected chi connectivity index (χ0v) is 12.8. The van der Waals surface area contributed by atoms with Gasteiger partial charge in [-0.15, -0.1) is 11.3 Å². The maximum Gasteiger partial charge on any atom is 0.267 e. The molecular weight excluding hydrogens is 306 g/mol. The van der Waals surface area contributed by atoms with Gasteiger partial charge in [0.1, 0.15) is 10.4 Å². The fourth-order valence-corrected chi connectivity index (χ4v) is 3.13. The van der Waals surface area contributed by atoms with Crippen LogP contribution < -0.4 is 11.1 Å². The van der Waals surface area contributed by atoms with Crippen LogP contribution in [0.25, 0.3) is 10.2 Å². The molecule has 6 heteroatoms. The lowest BCUT2D eigenvalue weighted by Gasteiger charge is -2.06. The Hall–Kier alpha value is -2.11. The summed E-state index contributed by atoms with van der Waals surface area (Å²) in [7, 11) is 0. The first-order valence-corrected chi connectivity index (χ1v) is 7.46. The number of fused-ring (bicyclic) bond motifs is 1. The quantitative estimate of drug-likeness (QED) is 0.748. The molecule has 4 nitrogen and oxygen atoms in total. The zero-order chi connectivity index (χ0) is 15.0. The number of nitrogens with zero attached hydrogens (tertiary/aromatic N) is 1. The molecule has 0 bridgehead atoms. The van der Waals surface area contributed by atoms with Gasteiger partial charge in [-0.3, -0.25) is 9.78 Å². The van der Waals surface area contributed by atoms with Crippen LogP contribution in [0.2, 0.25) is 5.02 Å². The molecule has 1 aromatic carbocycles. The first-order chi connectivity index (χ1) is 10.1. The van der Waals surface area contributed by atoms with Crippen molar-refractivity contribution in [3.8, 4) is 0 Å². The number of aryl methyl sites for hydroxylation is 1. The van der Waals surface area contributed by atoms with Gasteiger partial charge in [0.05, 0.1) is 10.4 Å². The molecule has 21 heavy (non-hydrogen) atoms. The maximum absolute atomic E-state index is 12.3. The van der Waals surface area contributed by atoms with Gasteiger partial charge in [0, 0.05) is 16.9 Å². The molecule has 0 unspecified atom stereocenters. The van der Waals surface area contributed by atoms with E-state index in [0.717, 1.165) is 10.3 Å². The summed E-state index contributed by atoms with van der Waals surface area (Å²) < 4.78 is 0.891. The predicted octanol–water partition coefficient (Wildman–Crippen LogP) is 4.09. The highest BCUT2D eigenvalue weighted by molar-refractivity contribution is 7.21. The molecule has 2 aromatic heterocycles. The summed E-state index contributed by atoms with van der Waals surface area (Å²) in [4.78, 5) is 17.0. The number of benzene rings is 1. The largest absolute Gasteiger partial charge is 0.396 e. The summed E-state index contributed by atoms with van der Waals surface area (Å²) >= 11 is 7.38. The monoisotopic (exact) mass is 317 g/mol. The van der Waals surface area contributed by atoms with Gasteiger partial charge in [0.15, 0.2) is 0 Å². The van der Waals surface area contributed by atoms with E-state index in [0.29, 0.717) is 26.8 Å². The normalized spacial score (nSPS) is 10.8. The van der Waals surface area contributed by atoms with E-state index in [1.54, 1.807) is 18.3 Å². The number of carbonyl (C=O) groups excluding carboxylic acids is 1. The van der Waals surface area contributed by atoms with Crippen molar-refractivity contribution < 1.29 is 4.79 Å². The average molecular weight is 318 g/mol. The number of aromatic nitrogens is 1. The summed E-state index contributed by atoms with van der Waals surface area (Å²) in [6, 6.07) is 9.09. The second-order valence-corrected chi connectivity index (χ2v) is 6.07. The lowest BCUT2D eigenvalue weighted by Crippen LogP contribution is -2.12. The summed E-state index contributed by atoms with van der Waals surface area (Å²) in [6.07, 6.45) is 1.66. The van der Waals surface area contributed by atoms with Crippen LogP contribution in [0.15, 0.2) is 36.5 Å². The number of anilines is 2. The third-order valence-electron chi connectivity index (χ3n) is 3.12. The zero-order valence-electron chi connectivity index (χ0n) is 11.2. The van der Waals surface area contributed by atoms with Crippen molar-refractivity contribution >= 4 is 50.4 Å². The van der Waals surface area contributed by atoms with E-state index in [-0.39, 0.29) is 5.91 Å². The molecule has 3 rings (SSSR count). The Morgan fingerprint density at radius 2 is 2.19 bits per heavy atom. The van der Waals surface area contributed by atoms with Crippen LogP contribution in [0, 0.1) is 6.92 Å². The van der Waals surface area contributed by atoms with Gasteiger partial charge >= 0.3 is 0 Å². The van der Waals surface area contributed by atoms with Gasteiger partial charge in [-0.2, -0.15) is 0 Å². The van der Waals surface area contributed by atoms with E-state index >= 15 is 0 Å². The lowest BCUT2D eigenvalue weighted by molar-refractivity contribution is 0.103. The molecule has 106 valence electrons. The second kappa shape index (κ2) is 5.35. The smallest absolute Gasteiger partial charge is 0.267 e. The number of pyridine rings is 1. The van der Waals surface area contributed by atoms with Crippen LogP contribution in [0.3, 0.4) is 0 Å². The first-order valence-electron chi connectivity index (χ1n) is 6.27. The van der Waals surface area contributed by atoms with Crippen LogP contribution >= 0.6 is 22.9 Å². The Bertz CT molecular complexity index is 844. The molecular formula is C15H12ClN3OS. The number of nitrogens with two attached hydrogens (primary N) is 1. The molecule has 0 saturated heterocycles. The number of nitrogen functional groups attached to an aromatic ring is 1. The van der Waals surface area contributed by atoms with Gasteiger partial charge in [-0.1, -0.05) is 17.7 Å². The minimum atomic E-state index is -0.254. The van der Waals surface area contributed by atoms with Gasteiger partial charge in [-0.05, 0) is 36.8 Å². The number of thiophene rings is 1. The maximum atomic E-state index is 12.3. The van der Waals surface area contributed by atoms with E-state index in [4.69, 9.17) is 17.3 Å². The van der Waals surface area contributed by atoms with Crippen LogP contribution in [-0.2, 0) is 0 Å². The molecule has 0 radical (unpaired) electrons. The van der Waals surface area contributed by atoms with Crippen molar-refractivity contribution in [1.29, 1.82) is 0 Å². The van der Waals surface area contributed by atoms with Gasteiger partial charge < -0.3 is 11.1 Å². The summed E-state index contributed by atoms with van der Waals surface area (Å²) in [5.41, 5.74) is 8.68. The SMILES string of the molecule is Cc1ccc(NC(=O)c2sc3cccnc3c2N)cc1Cl. The molecule has 0 saturated carbocycles. The molecule has 0 spiro atoms. The number of hydrogen-bond acceptors (Lipinski definition) is 4. The highest BCUT2D eigenvalue weighted by atomic mass is 35.5. The van der Waals surface area contributed by atoms with Crippen molar-refractivity contribution in [2.24, 2.45) is 0 Å². The number of carbonyl (C=O) groups is 1. The molecule has 0 aliphatic carbocycles. The van der Waals surface area contributed by atoms with Crippen molar-refractivity contribution in [2.45, 2.75) is 6.92 Å². The van der Waals surface area contributed by atoms with Crippen molar-refractivity contribution in [2.75, 3.05) is 11.1 Å². The van der Waals surface area contributed by atoms with Gasteiger partial charge in [0.25, 0.3) is 5.91 Å². The Kier molecular flexibility index (Phi) is 3.53. The third kappa shape index (κ3) is 2.57. The Morgan fingerprint density at radius 1 is 1.38 bits per heavy atom. The number of nitrogens with one attached hydrogen (secondary N) is 1. The van der Waals surface area contributed by atoms with Crippen molar-refractivity contribution in [1.82, 2.24) is 4.98 Å². The minimum Gasteiger partial charge on any atom is -0.396 e. The Balaban J connectivity index is 1.93. The van der Waals surface area contributed by atoms with E-state index in [2.05, 4.69) is 10.3 Å². The molecule has 3 aromatic rings. The van der Waals surface area contributed by atoms with E-state index in [1.165, 1.54) is 11.3 Å². The number of halogens is 1. The summed E-state index contributed by atoms with van der Waals surface area (Å²) in [5.74, 6) is -0.254. The number of amides is 1. The number of rotatable bonds is 2. The summed E-state index contributed by atoms with van der Waals surface area (Å²) in [6.45, 7) is 1.91. The molecule has 0 atom stereocenters. The van der Waals surface area contributed by atoms with Gasteiger partial charge in [-0.25, -0.2) is 0 Å². The molecule has 1 amide bonds. The van der Waals surface area contributed by atoms with Gasteiger partial charge in [0.2, 0.25) is 0 Å². The van der Waals surface area contributed by atoms with Crippen molar-refractivity contribution in [3.63, 3.8) is 0 Å². The third-order valence-corrected chi connectivity index (χ3v) is 4.68. The van der Waals surface area contributed by atoms with Crippen molar-refractivity contribution in [3.05, 3.63) is 52.0 Å². The van der Waals surface area contributed by atoms with E-state index < -0.39 is 0 Å². The van der Waals surface area contributed by atoms with Crippen LogP contribution in [-0.4, -0.2) is 10.9 Å². The predicted molar refractivity (Wildman–Crippen MR) is 88.2 cm³/mol. The molecule has 0 fully saturated rings. The fraction of sp³-hybridized carbons (Fsp3) is 0.0667. The van der Waals surface area contributed by atoms with Crippen LogP contribution in [0.5, 0.6) is 0 Å². The molecule has 2 heterocycles.